The Hall–Kier alpha value is -0.770. The number of aliphatic hydroxyl groups is 1. The Balaban J connectivity index is 2.16. The fourth-order valence-corrected chi connectivity index (χ4v) is 1.63. The summed E-state index contributed by atoms with van der Waals surface area (Å²) in [4.78, 5) is 15.0. The average Bonchev–Trinajstić information content (AvgIpc) is 2.49. The fourth-order valence-electron chi connectivity index (χ4n) is 1.63. The molecule has 14 heavy (non-hydrogen) atoms. The van der Waals surface area contributed by atoms with E-state index < -0.39 is 0 Å². The second-order valence-corrected chi connectivity index (χ2v) is 3.90. The molecule has 1 atom stereocenters. The molecule has 1 aliphatic heterocycles. The highest BCUT2D eigenvalue weighted by Gasteiger charge is 2.24. The molecule has 1 rings (SSSR count). The Bertz CT molecular complexity index is 197. The molecule has 0 aliphatic carbocycles. The summed E-state index contributed by atoms with van der Waals surface area (Å²) in [6, 6.07) is 0.121. The van der Waals surface area contributed by atoms with Gasteiger partial charge in [-0.25, -0.2) is 4.79 Å². The molecule has 4 nitrogen and oxygen atoms in total. The van der Waals surface area contributed by atoms with Crippen molar-refractivity contribution in [3.63, 3.8) is 0 Å². The Morgan fingerprint density at radius 2 is 2.21 bits per heavy atom. The van der Waals surface area contributed by atoms with Crippen molar-refractivity contribution in [2.24, 2.45) is 0 Å². The van der Waals surface area contributed by atoms with Gasteiger partial charge in [0.25, 0.3) is 0 Å². The van der Waals surface area contributed by atoms with Crippen LogP contribution in [0.1, 0.15) is 26.2 Å². The monoisotopic (exact) mass is 200 g/mol. The number of aliphatic hydroxyl groups excluding tert-OH is 1. The van der Waals surface area contributed by atoms with Gasteiger partial charge >= 0.3 is 6.03 Å². The molecular weight excluding hydrogens is 180 g/mol. The Kier molecular flexibility index (Phi) is 4.20. The zero-order chi connectivity index (χ0) is 10.6. The SMILES string of the molecule is CCC(O)CCCN1CCN(C)C1=O. The predicted octanol–water partition coefficient (Wildman–Crippen LogP) is 0.905. The first kappa shape index (κ1) is 11.3. The molecule has 1 saturated heterocycles. The zero-order valence-corrected chi connectivity index (χ0v) is 9.07. The summed E-state index contributed by atoms with van der Waals surface area (Å²) >= 11 is 0. The molecule has 0 aromatic rings. The van der Waals surface area contributed by atoms with Crippen molar-refractivity contribution in [2.45, 2.75) is 32.3 Å². The maximum atomic E-state index is 11.4. The molecule has 1 aliphatic rings. The summed E-state index contributed by atoms with van der Waals surface area (Å²) in [5, 5.41) is 9.34. The van der Waals surface area contributed by atoms with E-state index in [1.807, 2.05) is 18.9 Å². The highest BCUT2D eigenvalue weighted by molar-refractivity contribution is 5.76. The molecule has 4 heteroatoms. The van der Waals surface area contributed by atoms with Gasteiger partial charge in [0.2, 0.25) is 0 Å². The molecule has 0 aromatic heterocycles. The van der Waals surface area contributed by atoms with Crippen LogP contribution >= 0.6 is 0 Å². The number of urea groups is 1. The maximum Gasteiger partial charge on any atom is 0.319 e. The van der Waals surface area contributed by atoms with Crippen molar-refractivity contribution < 1.29 is 9.90 Å². The van der Waals surface area contributed by atoms with Gasteiger partial charge in [-0.3, -0.25) is 0 Å². The smallest absolute Gasteiger partial charge is 0.319 e. The summed E-state index contributed by atoms with van der Waals surface area (Å²) in [7, 11) is 1.82. The molecule has 0 radical (unpaired) electrons. The van der Waals surface area contributed by atoms with Gasteiger partial charge in [0.15, 0.2) is 0 Å². The van der Waals surface area contributed by atoms with E-state index in [0.717, 1.165) is 38.9 Å². The number of carbonyl (C=O) groups excluding carboxylic acids is 1. The van der Waals surface area contributed by atoms with Crippen LogP contribution in [0.5, 0.6) is 0 Å². The van der Waals surface area contributed by atoms with Gasteiger partial charge in [-0.15, -0.1) is 0 Å². The third-order valence-corrected chi connectivity index (χ3v) is 2.74. The third kappa shape index (κ3) is 2.87. The molecule has 1 N–H and O–H groups in total. The van der Waals surface area contributed by atoms with Crippen LogP contribution in [0.2, 0.25) is 0 Å². The van der Waals surface area contributed by atoms with Crippen LogP contribution in [0, 0.1) is 0 Å². The number of nitrogens with zero attached hydrogens (tertiary/aromatic N) is 2. The van der Waals surface area contributed by atoms with Gasteiger partial charge in [-0.1, -0.05) is 6.92 Å². The molecular formula is C10H20N2O2. The van der Waals surface area contributed by atoms with Crippen LogP contribution in [-0.2, 0) is 0 Å². The third-order valence-electron chi connectivity index (χ3n) is 2.74. The van der Waals surface area contributed by atoms with E-state index in [1.54, 1.807) is 4.90 Å². The molecule has 1 fully saturated rings. The summed E-state index contributed by atoms with van der Waals surface area (Å²) in [5.74, 6) is 0. The van der Waals surface area contributed by atoms with Crippen molar-refractivity contribution in [1.82, 2.24) is 9.80 Å². The Morgan fingerprint density at radius 3 is 2.71 bits per heavy atom. The lowest BCUT2D eigenvalue weighted by Gasteiger charge is -2.16. The Labute approximate surface area is 85.5 Å². The zero-order valence-electron chi connectivity index (χ0n) is 9.07. The first-order valence-electron chi connectivity index (χ1n) is 5.33. The van der Waals surface area contributed by atoms with Crippen molar-refractivity contribution in [2.75, 3.05) is 26.7 Å². The van der Waals surface area contributed by atoms with Crippen LogP contribution in [-0.4, -0.2) is 53.7 Å². The lowest BCUT2D eigenvalue weighted by Crippen LogP contribution is -2.30. The largest absolute Gasteiger partial charge is 0.393 e. The minimum absolute atomic E-state index is 0.121. The van der Waals surface area contributed by atoms with E-state index in [9.17, 15) is 9.90 Å². The van der Waals surface area contributed by atoms with Crippen LogP contribution in [0.4, 0.5) is 4.79 Å². The van der Waals surface area contributed by atoms with Gasteiger partial charge in [-0.2, -0.15) is 0 Å². The molecule has 2 amide bonds. The van der Waals surface area contributed by atoms with E-state index >= 15 is 0 Å². The molecule has 0 saturated carbocycles. The van der Waals surface area contributed by atoms with Crippen LogP contribution < -0.4 is 0 Å². The first-order chi connectivity index (χ1) is 6.65. The van der Waals surface area contributed by atoms with Crippen molar-refractivity contribution in [3.05, 3.63) is 0 Å². The second kappa shape index (κ2) is 5.20. The second-order valence-electron chi connectivity index (χ2n) is 3.90. The number of hydrogen-bond acceptors (Lipinski definition) is 2. The summed E-state index contributed by atoms with van der Waals surface area (Å²) in [6.45, 7) is 4.41. The standard InChI is InChI=1S/C10H20N2O2/c1-3-9(13)5-4-6-12-8-7-11(2)10(12)14/h9,13H,3-8H2,1-2H3. The van der Waals surface area contributed by atoms with Crippen molar-refractivity contribution >= 4 is 6.03 Å². The fraction of sp³-hybridized carbons (Fsp3) is 0.900. The number of carbonyl (C=O) groups is 1. The lowest BCUT2D eigenvalue weighted by atomic mass is 10.1. The van der Waals surface area contributed by atoms with Crippen LogP contribution in [0.15, 0.2) is 0 Å². The average molecular weight is 200 g/mol. The molecule has 0 spiro atoms. The first-order valence-corrected chi connectivity index (χ1v) is 5.33. The number of rotatable bonds is 5. The minimum Gasteiger partial charge on any atom is -0.393 e. The summed E-state index contributed by atoms with van der Waals surface area (Å²) < 4.78 is 0. The molecule has 0 aromatic carbocycles. The van der Waals surface area contributed by atoms with Crippen LogP contribution in [0.25, 0.3) is 0 Å². The molecule has 1 heterocycles. The van der Waals surface area contributed by atoms with Crippen molar-refractivity contribution in [3.8, 4) is 0 Å². The predicted molar refractivity (Wildman–Crippen MR) is 55.1 cm³/mol. The molecule has 82 valence electrons. The van der Waals surface area contributed by atoms with E-state index in [0.29, 0.717) is 0 Å². The van der Waals surface area contributed by atoms with Gasteiger partial charge < -0.3 is 14.9 Å². The maximum absolute atomic E-state index is 11.4. The van der Waals surface area contributed by atoms with E-state index in [4.69, 9.17) is 0 Å². The van der Waals surface area contributed by atoms with Gasteiger partial charge in [0.1, 0.15) is 0 Å². The Morgan fingerprint density at radius 1 is 1.50 bits per heavy atom. The van der Waals surface area contributed by atoms with Gasteiger partial charge in [0, 0.05) is 26.7 Å². The lowest BCUT2D eigenvalue weighted by molar-refractivity contribution is 0.151. The highest BCUT2D eigenvalue weighted by atomic mass is 16.3. The highest BCUT2D eigenvalue weighted by Crippen LogP contribution is 2.09. The van der Waals surface area contributed by atoms with Gasteiger partial charge in [-0.05, 0) is 19.3 Å². The van der Waals surface area contributed by atoms with Gasteiger partial charge in [0.05, 0.1) is 6.10 Å². The number of likely N-dealkylation sites (N-methyl/N-ethyl adjacent to an activating group) is 1. The van der Waals surface area contributed by atoms with E-state index in [-0.39, 0.29) is 12.1 Å². The van der Waals surface area contributed by atoms with Crippen LogP contribution in [0.3, 0.4) is 0 Å². The minimum atomic E-state index is -0.203. The summed E-state index contributed by atoms with van der Waals surface area (Å²) in [6.07, 6.45) is 2.29. The topological polar surface area (TPSA) is 43.8 Å². The summed E-state index contributed by atoms with van der Waals surface area (Å²) in [5.41, 5.74) is 0. The number of hydrogen-bond donors (Lipinski definition) is 1. The van der Waals surface area contributed by atoms with E-state index in [1.165, 1.54) is 0 Å². The van der Waals surface area contributed by atoms with E-state index in [2.05, 4.69) is 0 Å². The number of amides is 2. The molecule has 0 bridgehead atoms. The normalized spacial score (nSPS) is 19.2. The molecule has 1 unspecified atom stereocenters. The quantitative estimate of drug-likeness (QED) is 0.716. The van der Waals surface area contributed by atoms with Crippen molar-refractivity contribution in [1.29, 1.82) is 0 Å².